The van der Waals surface area contributed by atoms with Gasteiger partial charge in [0.05, 0.1) is 34.0 Å². The molecule has 1 fully saturated rings. The molecule has 1 aromatic carbocycles. The first-order chi connectivity index (χ1) is 13.2. The van der Waals surface area contributed by atoms with E-state index in [4.69, 9.17) is 16.3 Å². The van der Waals surface area contributed by atoms with E-state index in [2.05, 4.69) is 15.5 Å². The smallest absolute Gasteiger partial charge is 0.344 e. The highest BCUT2D eigenvalue weighted by molar-refractivity contribution is 7.99. The molecule has 1 aromatic heterocycles. The normalized spacial score (nSPS) is 17.0. The van der Waals surface area contributed by atoms with Crippen molar-refractivity contribution in [3.63, 3.8) is 0 Å². The lowest BCUT2D eigenvalue weighted by Gasteiger charge is -2.11. The first-order valence-corrected chi connectivity index (χ1v) is 11.7. The molecule has 0 saturated carbocycles. The summed E-state index contributed by atoms with van der Waals surface area (Å²) >= 11 is 7.12. The number of thioether (sulfide) groups is 1. The SMILES string of the molecule is CS(=O)(=O)c1ccc(Cl)c(NC(=O)CSc2n[nH]c(=O)n2CC2CCCO2)c1. The molecule has 1 atom stereocenters. The molecule has 1 unspecified atom stereocenters. The van der Waals surface area contributed by atoms with Crippen LogP contribution in [0.1, 0.15) is 12.8 Å². The van der Waals surface area contributed by atoms with Crippen molar-refractivity contribution < 1.29 is 17.9 Å². The standard InChI is InChI=1S/C16H19ClN4O5S2/c1-28(24,25)11-4-5-12(17)13(7-11)18-14(22)9-27-16-20-19-15(23)21(16)8-10-3-2-6-26-10/h4-5,7,10H,2-3,6,8-9H2,1H3,(H,18,22)(H,19,23). The van der Waals surface area contributed by atoms with Crippen LogP contribution in [0.15, 0.2) is 33.0 Å². The van der Waals surface area contributed by atoms with E-state index >= 15 is 0 Å². The number of halogens is 1. The molecule has 1 amide bonds. The van der Waals surface area contributed by atoms with E-state index in [1.54, 1.807) is 0 Å². The third-order valence-electron chi connectivity index (χ3n) is 4.11. The number of hydrogen-bond donors (Lipinski definition) is 2. The molecule has 0 aliphatic carbocycles. The molecule has 0 spiro atoms. The molecule has 9 nitrogen and oxygen atoms in total. The third-order valence-corrected chi connectivity index (χ3v) is 6.52. The van der Waals surface area contributed by atoms with Crippen molar-refractivity contribution in [2.45, 2.75) is 35.5 Å². The van der Waals surface area contributed by atoms with Crippen molar-refractivity contribution in [2.24, 2.45) is 0 Å². The first-order valence-electron chi connectivity index (χ1n) is 8.43. The minimum atomic E-state index is -3.43. The zero-order valence-electron chi connectivity index (χ0n) is 15.0. The van der Waals surface area contributed by atoms with Crippen LogP contribution in [-0.2, 0) is 25.9 Å². The number of benzene rings is 1. The summed E-state index contributed by atoms with van der Waals surface area (Å²) < 4.78 is 30.3. The molecule has 152 valence electrons. The zero-order valence-corrected chi connectivity index (χ0v) is 17.4. The number of sulfone groups is 1. The van der Waals surface area contributed by atoms with Crippen LogP contribution in [0.25, 0.3) is 0 Å². The Morgan fingerprint density at radius 1 is 1.50 bits per heavy atom. The molecule has 3 rings (SSSR count). The number of aromatic nitrogens is 3. The van der Waals surface area contributed by atoms with Crippen LogP contribution in [0.5, 0.6) is 0 Å². The lowest BCUT2D eigenvalue weighted by atomic mass is 10.2. The van der Waals surface area contributed by atoms with Gasteiger partial charge in [0, 0.05) is 12.9 Å². The maximum absolute atomic E-state index is 12.3. The van der Waals surface area contributed by atoms with Crippen LogP contribution in [-0.4, -0.2) is 53.8 Å². The van der Waals surface area contributed by atoms with Crippen LogP contribution in [0.3, 0.4) is 0 Å². The summed E-state index contributed by atoms with van der Waals surface area (Å²) in [6.07, 6.45) is 2.86. The molecule has 1 aliphatic rings. The van der Waals surface area contributed by atoms with Crippen molar-refractivity contribution in [2.75, 3.05) is 23.9 Å². The number of nitrogens with one attached hydrogen (secondary N) is 2. The van der Waals surface area contributed by atoms with Gasteiger partial charge in [-0.3, -0.25) is 9.36 Å². The Bertz CT molecular complexity index is 1030. The maximum Gasteiger partial charge on any atom is 0.344 e. The summed E-state index contributed by atoms with van der Waals surface area (Å²) in [7, 11) is -3.43. The van der Waals surface area contributed by atoms with Gasteiger partial charge in [-0.15, -0.1) is 5.10 Å². The molecule has 12 heteroatoms. The van der Waals surface area contributed by atoms with Crippen LogP contribution < -0.4 is 11.0 Å². The van der Waals surface area contributed by atoms with E-state index in [0.717, 1.165) is 30.9 Å². The number of ether oxygens (including phenoxy) is 1. The molecule has 2 heterocycles. The summed E-state index contributed by atoms with van der Waals surface area (Å²) in [5, 5.41) is 9.52. The average molecular weight is 447 g/mol. The average Bonchev–Trinajstić information content (AvgIpc) is 3.25. The van der Waals surface area contributed by atoms with E-state index in [1.807, 2.05) is 0 Å². The predicted octanol–water partition coefficient (Wildman–Crippen LogP) is 1.54. The van der Waals surface area contributed by atoms with E-state index in [0.29, 0.717) is 18.3 Å². The van der Waals surface area contributed by atoms with Gasteiger partial charge in [-0.25, -0.2) is 18.3 Å². The topological polar surface area (TPSA) is 123 Å². The van der Waals surface area contributed by atoms with Crippen molar-refractivity contribution >= 4 is 44.8 Å². The zero-order chi connectivity index (χ0) is 20.3. The molecule has 1 saturated heterocycles. The van der Waals surface area contributed by atoms with Crippen LogP contribution in [0, 0.1) is 0 Å². The molecule has 2 N–H and O–H groups in total. The largest absolute Gasteiger partial charge is 0.376 e. The minimum Gasteiger partial charge on any atom is -0.376 e. The highest BCUT2D eigenvalue weighted by atomic mass is 35.5. The van der Waals surface area contributed by atoms with E-state index in [-0.39, 0.29) is 33.2 Å². The van der Waals surface area contributed by atoms with Gasteiger partial charge in [-0.1, -0.05) is 23.4 Å². The van der Waals surface area contributed by atoms with Gasteiger partial charge in [-0.05, 0) is 31.0 Å². The number of carbonyl (C=O) groups is 1. The van der Waals surface area contributed by atoms with Crippen molar-refractivity contribution in [1.82, 2.24) is 14.8 Å². The monoisotopic (exact) mass is 446 g/mol. The highest BCUT2D eigenvalue weighted by Gasteiger charge is 2.20. The first kappa shape index (κ1) is 20.9. The lowest BCUT2D eigenvalue weighted by Crippen LogP contribution is -2.25. The second kappa shape index (κ2) is 8.68. The van der Waals surface area contributed by atoms with E-state index in [9.17, 15) is 18.0 Å². The summed E-state index contributed by atoms with van der Waals surface area (Å²) in [5.74, 6) is -0.438. The summed E-state index contributed by atoms with van der Waals surface area (Å²) in [5.41, 5.74) is -0.156. The number of rotatable bonds is 7. The third kappa shape index (κ3) is 5.16. The Balaban J connectivity index is 1.65. The number of nitrogens with zero attached hydrogens (tertiary/aromatic N) is 2. The number of amides is 1. The Kier molecular flexibility index (Phi) is 6.48. The van der Waals surface area contributed by atoms with Crippen molar-refractivity contribution in [3.8, 4) is 0 Å². The fraction of sp³-hybridized carbons (Fsp3) is 0.438. The molecular formula is C16H19ClN4O5S2. The minimum absolute atomic E-state index is 0.0325. The fourth-order valence-electron chi connectivity index (χ4n) is 2.71. The van der Waals surface area contributed by atoms with Gasteiger partial charge < -0.3 is 10.1 Å². The Morgan fingerprint density at radius 2 is 2.29 bits per heavy atom. The van der Waals surface area contributed by atoms with Crippen LogP contribution in [0.2, 0.25) is 5.02 Å². The molecular weight excluding hydrogens is 428 g/mol. The van der Waals surface area contributed by atoms with Gasteiger partial charge in [-0.2, -0.15) is 0 Å². The van der Waals surface area contributed by atoms with Gasteiger partial charge in [0.25, 0.3) is 0 Å². The molecule has 1 aliphatic heterocycles. The van der Waals surface area contributed by atoms with E-state index in [1.165, 1.54) is 22.8 Å². The maximum atomic E-state index is 12.3. The number of H-pyrrole nitrogens is 1. The van der Waals surface area contributed by atoms with Gasteiger partial charge >= 0.3 is 5.69 Å². The molecule has 28 heavy (non-hydrogen) atoms. The summed E-state index contributed by atoms with van der Waals surface area (Å²) in [6.45, 7) is 1.05. The Morgan fingerprint density at radius 3 is 2.96 bits per heavy atom. The Labute approximate surface area is 170 Å². The number of hydrogen-bond acceptors (Lipinski definition) is 7. The second-order valence-corrected chi connectivity index (χ2v) is 9.67. The van der Waals surface area contributed by atoms with Gasteiger partial charge in [0.2, 0.25) is 5.91 Å². The quantitative estimate of drug-likeness (QED) is 0.618. The highest BCUT2D eigenvalue weighted by Crippen LogP contribution is 2.26. The molecule has 0 radical (unpaired) electrons. The predicted molar refractivity (Wildman–Crippen MR) is 106 cm³/mol. The van der Waals surface area contributed by atoms with Gasteiger partial charge in [0.1, 0.15) is 0 Å². The van der Waals surface area contributed by atoms with Crippen molar-refractivity contribution in [1.29, 1.82) is 0 Å². The number of carbonyl (C=O) groups excluding carboxylic acids is 1. The molecule has 0 bridgehead atoms. The summed E-state index contributed by atoms with van der Waals surface area (Å²) in [6, 6.07) is 4.09. The Hall–Kier alpha value is -1.82. The second-order valence-electron chi connectivity index (χ2n) is 6.31. The molecule has 2 aromatic rings. The van der Waals surface area contributed by atoms with E-state index < -0.39 is 15.7 Å². The van der Waals surface area contributed by atoms with Crippen molar-refractivity contribution in [3.05, 3.63) is 33.7 Å². The lowest BCUT2D eigenvalue weighted by molar-refractivity contribution is -0.113. The fourth-order valence-corrected chi connectivity index (χ4v) is 4.28. The number of aromatic amines is 1. The van der Waals surface area contributed by atoms with Gasteiger partial charge in [0.15, 0.2) is 15.0 Å². The number of anilines is 1. The summed E-state index contributed by atoms with van der Waals surface area (Å²) in [4.78, 5) is 24.3. The van der Waals surface area contributed by atoms with Crippen LogP contribution >= 0.6 is 23.4 Å². The van der Waals surface area contributed by atoms with Crippen LogP contribution in [0.4, 0.5) is 5.69 Å².